The molecule has 0 bridgehead atoms. The zero-order valence-corrected chi connectivity index (χ0v) is 16.6. The van der Waals surface area contributed by atoms with Gasteiger partial charge in [-0.1, -0.05) is 26.0 Å². The minimum Gasteiger partial charge on any atom is -0.493 e. The van der Waals surface area contributed by atoms with Gasteiger partial charge >= 0.3 is 0 Å². The van der Waals surface area contributed by atoms with Crippen molar-refractivity contribution in [2.45, 2.75) is 20.4 Å². The van der Waals surface area contributed by atoms with Crippen LogP contribution in [0.25, 0.3) is 0 Å². The molecule has 1 aromatic heterocycles. The Morgan fingerprint density at radius 3 is 2.30 bits per heavy atom. The molecule has 0 unspecified atom stereocenters. The van der Waals surface area contributed by atoms with Gasteiger partial charge in [-0.15, -0.1) is 0 Å². The average Bonchev–Trinajstić information content (AvgIpc) is 2.69. The van der Waals surface area contributed by atoms with Crippen LogP contribution in [-0.2, 0) is 6.54 Å². The van der Waals surface area contributed by atoms with Gasteiger partial charge in [0.2, 0.25) is 11.6 Å². The number of methoxy groups -OCH3 is 2. The van der Waals surface area contributed by atoms with E-state index in [1.54, 1.807) is 27.5 Å². The van der Waals surface area contributed by atoms with Crippen LogP contribution >= 0.6 is 0 Å². The van der Waals surface area contributed by atoms with Crippen molar-refractivity contribution in [3.05, 3.63) is 42.1 Å². The number of guanidine groups is 1. The minimum absolute atomic E-state index is 0.462. The predicted octanol–water partition coefficient (Wildman–Crippen LogP) is 3.21. The van der Waals surface area contributed by atoms with E-state index < -0.39 is 0 Å². The molecular weight excluding hydrogens is 344 g/mol. The Labute approximate surface area is 160 Å². The topological polar surface area (TPSA) is 77.0 Å². The Kier molecular flexibility index (Phi) is 7.73. The van der Waals surface area contributed by atoms with E-state index in [2.05, 4.69) is 34.5 Å². The van der Waals surface area contributed by atoms with E-state index in [9.17, 15) is 0 Å². The van der Waals surface area contributed by atoms with E-state index in [0.29, 0.717) is 35.6 Å². The summed E-state index contributed by atoms with van der Waals surface area (Å²) in [5, 5.41) is 6.54. The van der Waals surface area contributed by atoms with Crippen LogP contribution in [0, 0.1) is 5.92 Å². The first kappa shape index (κ1) is 20.4. The highest BCUT2D eigenvalue weighted by Crippen LogP contribution is 2.39. The van der Waals surface area contributed by atoms with Crippen LogP contribution in [0.5, 0.6) is 23.1 Å². The highest BCUT2D eigenvalue weighted by atomic mass is 16.5. The number of hydrogen-bond acceptors (Lipinski definition) is 5. The standard InChI is InChI=1S/C20H28N4O3/c1-14(2)11-23-20(21-3)24-13-15-9-10-18(22-12-15)27-19-16(25-4)7-6-8-17(19)26-5/h6-10,12,14H,11,13H2,1-5H3,(H2,21,23,24). The van der Waals surface area contributed by atoms with E-state index in [4.69, 9.17) is 14.2 Å². The first-order valence-electron chi connectivity index (χ1n) is 8.85. The molecule has 0 saturated heterocycles. The smallest absolute Gasteiger partial charge is 0.219 e. The number of nitrogens with zero attached hydrogens (tertiary/aromatic N) is 2. The fraction of sp³-hybridized carbons (Fsp3) is 0.400. The van der Waals surface area contributed by atoms with E-state index in [1.807, 2.05) is 30.3 Å². The van der Waals surface area contributed by atoms with Crippen LogP contribution in [0.15, 0.2) is 41.5 Å². The Bertz CT molecular complexity index is 723. The summed E-state index contributed by atoms with van der Waals surface area (Å²) < 4.78 is 16.5. The number of rotatable bonds is 8. The molecule has 0 aliphatic carbocycles. The quantitative estimate of drug-likeness (QED) is 0.547. The van der Waals surface area contributed by atoms with Crippen LogP contribution in [0.1, 0.15) is 19.4 Å². The summed E-state index contributed by atoms with van der Waals surface area (Å²) in [5.74, 6) is 3.45. The molecule has 2 rings (SSSR count). The van der Waals surface area contributed by atoms with E-state index in [0.717, 1.165) is 18.1 Å². The summed E-state index contributed by atoms with van der Waals surface area (Å²) in [4.78, 5) is 8.58. The maximum atomic E-state index is 5.87. The van der Waals surface area contributed by atoms with E-state index in [1.165, 1.54) is 0 Å². The molecule has 0 radical (unpaired) electrons. The number of pyridine rings is 1. The summed E-state index contributed by atoms with van der Waals surface area (Å²) in [7, 11) is 4.93. The number of ether oxygens (including phenoxy) is 3. The van der Waals surface area contributed by atoms with E-state index >= 15 is 0 Å². The molecule has 0 fully saturated rings. The normalized spacial score (nSPS) is 11.3. The molecule has 27 heavy (non-hydrogen) atoms. The maximum absolute atomic E-state index is 5.87. The lowest BCUT2D eigenvalue weighted by Gasteiger charge is -2.14. The first-order valence-corrected chi connectivity index (χ1v) is 8.85. The highest BCUT2D eigenvalue weighted by molar-refractivity contribution is 5.79. The third kappa shape index (κ3) is 6.06. The van der Waals surface area contributed by atoms with Gasteiger partial charge in [0.1, 0.15) is 0 Å². The molecule has 0 atom stereocenters. The lowest BCUT2D eigenvalue weighted by molar-refractivity contribution is 0.342. The molecule has 7 nitrogen and oxygen atoms in total. The van der Waals surface area contributed by atoms with Crippen LogP contribution < -0.4 is 24.8 Å². The molecule has 0 saturated carbocycles. The van der Waals surface area contributed by atoms with Crippen molar-refractivity contribution in [2.75, 3.05) is 27.8 Å². The molecule has 7 heteroatoms. The van der Waals surface area contributed by atoms with E-state index in [-0.39, 0.29) is 0 Å². The monoisotopic (exact) mass is 372 g/mol. The summed E-state index contributed by atoms with van der Waals surface area (Å²) in [6.45, 7) is 5.79. The third-order valence-corrected chi connectivity index (χ3v) is 3.75. The Morgan fingerprint density at radius 2 is 1.78 bits per heavy atom. The van der Waals surface area contributed by atoms with Gasteiger partial charge in [0.25, 0.3) is 0 Å². The Hall–Kier alpha value is -2.96. The fourth-order valence-corrected chi connectivity index (χ4v) is 2.31. The van der Waals surface area contributed by atoms with Gasteiger partial charge in [0, 0.05) is 32.4 Å². The number of aromatic nitrogens is 1. The number of nitrogens with one attached hydrogen (secondary N) is 2. The van der Waals surface area contributed by atoms with Gasteiger partial charge in [0.15, 0.2) is 17.5 Å². The lowest BCUT2D eigenvalue weighted by atomic mass is 10.2. The van der Waals surface area contributed by atoms with Gasteiger partial charge in [-0.05, 0) is 23.6 Å². The molecular formula is C20H28N4O3. The maximum Gasteiger partial charge on any atom is 0.219 e. The fourth-order valence-electron chi connectivity index (χ4n) is 2.31. The van der Waals surface area contributed by atoms with Crippen molar-refractivity contribution in [1.82, 2.24) is 15.6 Å². The van der Waals surface area contributed by atoms with Gasteiger partial charge in [-0.25, -0.2) is 4.98 Å². The van der Waals surface area contributed by atoms with Gasteiger partial charge in [0.05, 0.1) is 14.2 Å². The SMILES string of the molecule is CN=C(NCc1ccc(Oc2c(OC)cccc2OC)nc1)NCC(C)C. The van der Waals surface area contributed by atoms with Crippen molar-refractivity contribution in [2.24, 2.45) is 10.9 Å². The number of benzene rings is 1. The molecule has 0 aliphatic heterocycles. The Balaban J connectivity index is 2.00. The lowest BCUT2D eigenvalue weighted by Crippen LogP contribution is -2.38. The molecule has 2 N–H and O–H groups in total. The second-order valence-corrected chi connectivity index (χ2v) is 6.30. The highest BCUT2D eigenvalue weighted by Gasteiger charge is 2.13. The summed E-state index contributed by atoms with van der Waals surface area (Å²) in [5.41, 5.74) is 1.02. The minimum atomic E-state index is 0.462. The van der Waals surface area contributed by atoms with Crippen molar-refractivity contribution >= 4 is 5.96 Å². The van der Waals surface area contributed by atoms with Crippen molar-refractivity contribution in [1.29, 1.82) is 0 Å². The zero-order valence-electron chi connectivity index (χ0n) is 16.6. The Morgan fingerprint density at radius 1 is 1.07 bits per heavy atom. The summed E-state index contributed by atoms with van der Waals surface area (Å²) in [6.07, 6.45) is 1.76. The summed E-state index contributed by atoms with van der Waals surface area (Å²) >= 11 is 0. The van der Waals surface area contributed by atoms with Gasteiger partial charge < -0.3 is 24.8 Å². The van der Waals surface area contributed by atoms with Gasteiger partial charge in [-0.3, -0.25) is 4.99 Å². The molecule has 0 spiro atoms. The third-order valence-electron chi connectivity index (χ3n) is 3.75. The van der Waals surface area contributed by atoms with Crippen molar-refractivity contribution < 1.29 is 14.2 Å². The number of hydrogen-bond donors (Lipinski definition) is 2. The molecule has 2 aromatic rings. The average molecular weight is 372 g/mol. The predicted molar refractivity (Wildman–Crippen MR) is 107 cm³/mol. The molecule has 0 aliphatic rings. The van der Waals surface area contributed by atoms with Gasteiger partial charge in [-0.2, -0.15) is 0 Å². The zero-order chi connectivity index (χ0) is 19.6. The number of para-hydroxylation sites is 1. The van der Waals surface area contributed by atoms with Crippen LogP contribution in [-0.4, -0.2) is 38.8 Å². The van der Waals surface area contributed by atoms with Crippen LogP contribution in [0.4, 0.5) is 0 Å². The first-order chi connectivity index (χ1) is 13.1. The molecule has 1 heterocycles. The van der Waals surface area contributed by atoms with Crippen LogP contribution in [0.3, 0.4) is 0 Å². The molecule has 146 valence electrons. The second kappa shape index (κ2) is 10.3. The summed E-state index contributed by atoms with van der Waals surface area (Å²) in [6, 6.07) is 9.23. The molecule has 0 amide bonds. The largest absolute Gasteiger partial charge is 0.493 e. The van der Waals surface area contributed by atoms with Crippen LogP contribution in [0.2, 0.25) is 0 Å². The van der Waals surface area contributed by atoms with Crippen molar-refractivity contribution in [3.8, 4) is 23.1 Å². The second-order valence-electron chi connectivity index (χ2n) is 6.30. The number of aliphatic imine (C=N–C) groups is 1. The molecule has 1 aromatic carbocycles. The van der Waals surface area contributed by atoms with Crippen molar-refractivity contribution in [3.63, 3.8) is 0 Å².